The van der Waals surface area contributed by atoms with Gasteiger partial charge in [-0.05, 0) is 49.9 Å². The summed E-state index contributed by atoms with van der Waals surface area (Å²) in [6, 6.07) is 19.6. The first-order chi connectivity index (χ1) is 16.4. The molecule has 5 rings (SSSR count). The van der Waals surface area contributed by atoms with E-state index in [4.69, 9.17) is 14.7 Å². The van der Waals surface area contributed by atoms with E-state index in [1.807, 2.05) is 66.9 Å². The van der Waals surface area contributed by atoms with Gasteiger partial charge in [-0.1, -0.05) is 59.9 Å². The Balaban J connectivity index is 1.49. The van der Waals surface area contributed by atoms with E-state index in [1.54, 1.807) is 16.2 Å². The third kappa shape index (κ3) is 4.73. The van der Waals surface area contributed by atoms with E-state index < -0.39 is 0 Å². The van der Waals surface area contributed by atoms with Gasteiger partial charge in [0.2, 0.25) is 5.91 Å². The highest BCUT2D eigenvalue weighted by molar-refractivity contribution is 8.00. The molecule has 0 saturated carbocycles. The van der Waals surface area contributed by atoms with Gasteiger partial charge >= 0.3 is 0 Å². The van der Waals surface area contributed by atoms with Gasteiger partial charge in [-0.3, -0.25) is 9.69 Å². The number of anilines is 2. The van der Waals surface area contributed by atoms with Crippen molar-refractivity contribution in [2.75, 3.05) is 16.9 Å². The van der Waals surface area contributed by atoms with Gasteiger partial charge in [-0.15, -0.1) is 11.3 Å². The van der Waals surface area contributed by atoms with Crippen LogP contribution in [0.15, 0.2) is 70.8 Å². The molecule has 0 spiro atoms. The smallest absolute Gasteiger partial charge is 0.241 e. The molecule has 1 amide bonds. The molecule has 0 bridgehead atoms. The molecule has 8 heteroatoms. The summed E-state index contributed by atoms with van der Waals surface area (Å²) in [6.45, 7) is 4.83. The van der Waals surface area contributed by atoms with Crippen LogP contribution >= 0.6 is 34.9 Å². The normalized spacial score (nSPS) is 14.7. The average Bonchev–Trinajstić information content (AvgIpc) is 3.20. The number of fused-ring (bicyclic) bond motifs is 3. The number of hydrogen-bond donors (Lipinski definition) is 0. The van der Waals surface area contributed by atoms with Crippen LogP contribution in [0.5, 0.6) is 0 Å². The zero-order valence-corrected chi connectivity index (χ0v) is 21.7. The second kappa shape index (κ2) is 9.70. The van der Waals surface area contributed by atoms with Gasteiger partial charge in [-0.25, -0.2) is 9.97 Å². The largest absolute Gasteiger partial charge is 0.370 e. The third-order valence-corrected chi connectivity index (χ3v) is 8.28. The minimum atomic E-state index is -0.228. The second-order valence-corrected chi connectivity index (χ2v) is 11.4. The molecule has 0 N–H and O–H groups in total. The van der Waals surface area contributed by atoms with Gasteiger partial charge in [-0.2, -0.15) is 0 Å². The molecule has 1 aliphatic heterocycles. The highest BCUT2D eigenvalue weighted by atomic mass is 32.2. The van der Waals surface area contributed by atoms with E-state index in [0.29, 0.717) is 6.61 Å². The second-order valence-electron chi connectivity index (χ2n) is 8.61. The van der Waals surface area contributed by atoms with E-state index in [0.717, 1.165) is 38.2 Å². The number of para-hydroxylation sites is 2. The van der Waals surface area contributed by atoms with Crippen molar-refractivity contribution in [3.05, 3.63) is 71.1 Å². The minimum absolute atomic E-state index is 0.00706. The molecule has 0 fully saturated rings. The van der Waals surface area contributed by atoms with Crippen LogP contribution in [0.2, 0.25) is 0 Å². The monoisotopic (exact) mass is 507 g/mol. The number of amides is 1. The van der Waals surface area contributed by atoms with E-state index >= 15 is 0 Å². The van der Waals surface area contributed by atoms with Crippen molar-refractivity contribution in [3.8, 4) is 0 Å². The van der Waals surface area contributed by atoms with Crippen LogP contribution in [0.25, 0.3) is 10.2 Å². The van der Waals surface area contributed by atoms with Crippen LogP contribution in [0.4, 0.5) is 11.4 Å². The Morgan fingerprint density at radius 2 is 1.71 bits per heavy atom. The number of thioether (sulfide) groups is 2. The molecule has 0 radical (unpaired) electrons. The van der Waals surface area contributed by atoms with Crippen molar-refractivity contribution < 1.29 is 9.53 Å². The number of thiophene rings is 1. The van der Waals surface area contributed by atoms with Crippen molar-refractivity contribution in [1.82, 2.24) is 9.97 Å². The number of carbonyl (C=O) groups is 1. The molecule has 4 aromatic rings. The highest BCUT2D eigenvalue weighted by Gasteiger charge is 2.31. The Morgan fingerprint density at radius 3 is 2.32 bits per heavy atom. The molecule has 0 unspecified atom stereocenters. The summed E-state index contributed by atoms with van der Waals surface area (Å²) in [7, 11) is 0. The fraction of sp³-hybridized carbons (Fsp3) is 0.269. The molecule has 1 aliphatic rings. The standard InChI is InChI=1S/C26H25N3O2S3/c1-26(2)14-19-20(15-31-26)34-24-22(19)23(27-25(28-24)32-3)33-16-21(30)29(17-10-6-4-7-11-17)18-12-8-5-9-13-18/h4-13H,14-16H2,1-3H3. The summed E-state index contributed by atoms with van der Waals surface area (Å²) in [6.07, 6.45) is 2.79. The Hall–Kier alpha value is -2.39. The summed E-state index contributed by atoms with van der Waals surface area (Å²) in [5.74, 6) is 0.279. The van der Waals surface area contributed by atoms with Crippen LogP contribution in [-0.4, -0.2) is 33.5 Å². The van der Waals surface area contributed by atoms with Gasteiger partial charge in [0.1, 0.15) is 9.86 Å². The Kier molecular flexibility index (Phi) is 6.66. The number of carbonyl (C=O) groups excluding carboxylic acids is 1. The van der Waals surface area contributed by atoms with Crippen LogP contribution in [0, 0.1) is 0 Å². The topological polar surface area (TPSA) is 55.3 Å². The van der Waals surface area contributed by atoms with E-state index in [9.17, 15) is 4.79 Å². The zero-order valence-electron chi connectivity index (χ0n) is 19.3. The van der Waals surface area contributed by atoms with E-state index in [-0.39, 0.29) is 17.3 Å². The summed E-state index contributed by atoms with van der Waals surface area (Å²) in [4.78, 5) is 27.1. The number of nitrogens with zero attached hydrogens (tertiary/aromatic N) is 3. The van der Waals surface area contributed by atoms with Gasteiger partial charge in [0, 0.05) is 28.1 Å². The first kappa shape index (κ1) is 23.4. The first-order valence-corrected chi connectivity index (χ1v) is 14.0. The maximum absolute atomic E-state index is 13.6. The van der Waals surface area contributed by atoms with Gasteiger partial charge < -0.3 is 4.74 Å². The van der Waals surface area contributed by atoms with E-state index in [1.165, 1.54) is 34.0 Å². The fourth-order valence-corrected chi connectivity index (χ4v) is 6.63. The van der Waals surface area contributed by atoms with Gasteiger partial charge in [0.05, 0.1) is 18.0 Å². The summed E-state index contributed by atoms with van der Waals surface area (Å²) < 4.78 is 6.03. The highest BCUT2D eigenvalue weighted by Crippen LogP contribution is 2.42. The first-order valence-electron chi connectivity index (χ1n) is 11.0. The summed E-state index contributed by atoms with van der Waals surface area (Å²) >= 11 is 4.70. The lowest BCUT2D eigenvalue weighted by Crippen LogP contribution is -2.31. The number of rotatable bonds is 6. The van der Waals surface area contributed by atoms with Crippen molar-refractivity contribution in [2.24, 2.45) is 0 Å². The van der Waals surface area contributed by atoms with Gasteiger partial charge in [0.25, 0.3) is 0 Å². The number of hydrogen-bond acceptors (Lipinski definition) is 7. The molecule has 34 heavy (non-hydrogen) atoms. The average molecular weight is 508 g/mol. The SMILES string of the molecule is CSc1nc(SCC(=O)N(c2ccccc2)c2ccccc2)c2c3c(sc2n1)COC(C)(C)C3. The molecule has 174 valence electrons. The van der Waals surface area contributed by atoms with E-state index in [2.05, 4.69) is 13.8 Å². The molecule has 5 nitrogen and oxygen atoms in total. The third-order valence-electron chi connectivity index (χ3n) is 5.67. The number of ether oxygens (including phenoxy) is 1. The molecule has 0 atom stereocenters. The van der Waals surface area contributed by atoms with Crippen LogP contribution < -0.4 is 4.90 Å². The number of aromatic nitrogens is 2. The quantitative estimate of drug-likeness (QED) is 0.164. The molecule has 2 aromatic heterocycles. The lowest BCUT2D eigenvalue weighted by Gasteiger charge is -2.30. The fourth-order valence-electron chi connectivity index (χ4n) is 4.07. The van der Waals surface area contributed by atoms with Gasteiger partial charge in [0.15, 0.2) is 5.16 Å². The Morgan fingerprint density at radius 1 is 1.06 bits per heavy atom. The van der Waals surface area contributed by atoms with Crippen molar-refractivity contribution >= 4 is 62.4 Å². The lowest BCUT2D eigenvalue weighted by molar-refractivity contribution is -0.115. The minimum Gasteiger partial charge on any atom is -0.370 e. The molecular formula is C26H25N3O2S3. The predicted octanol–water partition coefficient (Wildman–Crippen LogP) is 6.72. The predicted molar refractivity (Wildman–Crippen MR) is 143 cm³/mol. The van der Waals surface area contributed by atoms with Crippen molar-refractivity contribution in [3.63, 3.8) is 0 Å². The summed E-state index contributed by atoms with van der Waals surface area (Å²) in [5, 5.41) is 2.68. The Labute approximate surface area is 212 Å². The lowest BCUT2D eigenvalue weighted by atomic mass is 9.95. The maximum Gasteiger partial charge on any atom is 0.241 e. The van der Waals surface area contributed by atoms with Crippen LogP contribution in [-0.2, 0) is 22.6 Å². The zero-order chi connectivity index (χ0) is 23.7. The molecular weight excluding hydrogens is 483 g/mol. The van der Waals surface area contributed by atoms with Crippen LogP contribution in [0.3, 0.4) is 0 Å². The maximum atomic E-state index is 13.6. The summed E-state index contributed by atoms with van der Waals surface area (Å²) in [5.41, 5.74) is 2.74. The Bertz CT molecular complexity index is 1280. The molecule has 3 heterocycles. The van der Waals surface area contributed by atoms with Crippen LogP contribution in [0.1, 0.15) is 24.3 Å². The molecule has 0 saturated heterocycles. The number of benzene rings is 2. The molecule has 0 aliphatic carbocycles. The van der Waals surface area contributed by atoms with Crippen molar-refractivity contribution in [1.29, 1.82) is 0 Å². The van der Waals surface area contributed by atoms with Crippen molar-refractivity contribution in [2.45, 2.75) is 42.7 Å². The molecule has 2 aromatic carbocycles.